The first-order valence-corrected chi connectivity index (χ1v) is 6.59. The third-order valence-electron chi connectivity index (χ3n) is 2.66. The highest BCUT2D eigenvalue weighted by atomic mass is 35.5. The molecule has 21 heavy (non-hydrogen) atoms. The van der Waals surface area contributed by atoms with Crippen LogP contribution >= 0.6 is 23.2 Å². The van der Waals surface area contributed by atoms with Gasteiger partial charge in [-0.15, -0.1) is 0 Å². The van der Waals surface area contributed by atoms with E-state index >= 15 is 0 Å². The summed E-state index contributed by atoms with van der Waals surface area (Å²) in [5.74, 6) is -0.769. The van der Waals surface area contributed by atoms with Crippen molar-refractivity contribution >= 4 is 34.9 Å². The lowest BCUT2D eigenvalue weighted by Crippen LogP contribution is -2.07. The molecular formula is C14H9Cl2NO4. The number of halogens is 2. The third kappa shape index (κ3) is 3.71. The first-order valence-electron chi connectivity index (χ1n) is 5.83. The minimum Gasteiger partial charge on any atom is -0.457 e. The van der Waals surface area contributed by atoms with Crippen molar-refractivity contribution in [1.29, 1.82) is 0 Å². The highest BCUT2D eigenvalue weighted by molar-refractivity contribution is 6.43. The summed E-state index contributed by atoms with van der Waals surface area (Å²) < 4.78 is 5.08. The normalized spacial score (nSPS) is 10.2. The maximum Gasteiger partial charge on any atom is 0.340 e. The molecule has 2 rings (SSSR count). The van der Waals surface area contributed by atoms with E-state index in [1.807, 2.05) is 6.07 Å². The van der Waals surface area contributed by atoms with E-state index in [0.717, 1.165) is 17.7 Å². The van der Waals surface area contributed by atoms with Gasteiger partial charge in [-0.1, -0.05) is 53.5 Å². The van der Waals surface area contributed by atoms with Gasteiger partial charge >= 0.3 is 5.97 Å². The zero-order valence-electron chi connectivity index (χ0n) is 10.6. The number of nitro groups is 1. The number of rotatable bonds is 4. The van der Waals surface area contributed by atoms with Crippen molar-refractivity contribution in [3.05, 3.63) is 73.8 Å². The molecule has 0 amide bonds. The Morgan fingerprint density at radius 1 is 1.19 bits per heavy atom. The number of benzene rings is 2. The van der Waals surface area contributed by atoms with Crippen LogP contribution in [0.15, 0.2) is 42.5 Å². The summed E-state index contributed by atoms with van der Waals surface area (Å²) in [6.45, 7) is 0.0380. The number of carbonyl (C=O) groups is 1. The van der Waals surface area contributed by atoms with Crippen LogP contribution in [0.1, 0.15) is 15.9 Å². The fourth-order valence-electron chi connectivity index (χ4n) is 1.63. The lowest BCUT2D eigenvalue weighted by molar-refractivity contribution is -0.384. The van der Waals surface area contributed by atoms with Gasteiger partial charge in [0.2, 0.25) is 0 Å². The number of esters is 1. The largest absolute Gasteiger partial charge is 0.457 e. The molecule has 2 aromatic rings. The number of hydrogen-bond donors (Lipinski definition) is 0. The molecule has 7 heteroatoms. The molecule has 0 aliphatic rings. The lowest BCUT2D eigenvalue weighted by Gasteiger charge is -2.07. The van der Waals surface area contributed by atoms with E-state index in [4.69, 9.17) is 27.9 Å². The van der Waals surface area contributed by atoms with E-state index in [0.29, 0.717) is 0 Å². The average molecular weight is 326 g/mol. The number of carbonyl (C=O) groups excluding carboxylic acids is 1. The van der Waals surface area contributed by atoms with E-state index in [2.05, 4.69) is 0 Å². The Labute approximate surface area is 130 Å². The van der Waals surface area contributed by atoms with Gasteiger partial charge in [-0.3, -0.25) is 10.1 Å². The van der Waals surface area contributed by atoms with Crippen LogP contribution < -0.4 is 0 Å². The summed E-state index contributed by atoms with van der Waals surface area (Å²) in [5, 5.41) is 10.6. The van der Waals surface area contributed by atoms with Crippen LogP contribution in [-0.4, -0.2) is 10.9 Å². The monoisotopic (exact) mass is 325 g/mol. The molecule has 0 bridgehead atoms. The van der Waals surface area contributed by atoms with Gasteiger partial charge in [0.25, 0.3) is 5.69 Å². The summed E-state index contributed by atoms with van der Waals surface area (Å²) in [5.41, 5.74) is 0.335. The molecule has 0 heterocycles. The average Bonchev–Trinajstić information content (AvgIpc) is 2.48. The zero-order valence-corrected chi connectivity index (χ0v) is 12.1. The predicted octanol–water partition coefficient (Wildman–Crippen LogP) is 4.26. The standard InChI is InChI=1S/C14H9Cl2NO4/c15-12-7-10(17(19)20)6-11(13(12)16)14(18)21-8-9-4-2-1-3-5-9/h1-7H,8H2. The van der Waals surface area contributed by atoms with E-state index < -0.39 is 10.9 Å². The highest BCUT2D eigenvalue weighted by Crippen LogP contribution is 2.31. The SMILES string of the molecule is O=C(OCc1ccccc1)c1cc([N+](=O)[O-])cc(Cl)c1Cl. The number of nitrogens with zero attached hydrogens (tertiary/aromatic N) is 1. The molecule has 0 aromatic heterocycles. The van der Waals surface area contributed by atoms with Crippen LogP contribution in [0.2, 0.25) is 10.0 Å². The van der Waals surface area contributed by atoms with Gasteiger partial charge in [-0.25, -0.2) is 4.79 Å². The molecule has 0 unspecified atom stereocenters. The predicted molar refractivity (Wildman–Crippen MR) is 78.7 cm³/mol. The van der Waals surface area contributed by atoms with Crippen LogP contribution in [0, 0.1) is 10.1 Å². The molecule has 0 aliphatic carbocycles. The first-order chi connectivity index (χ1) is 9.99. The molecule has 0 radical (unpaired) electrons. The van der Waals surface area contributed by atoms with E-state index in [1.165, 1.54) is 0 Å². The van der Waals surface area contributed by atoms with Crippen LogP contribution in [0.3, 0.4) is 0 Å². The molecule has 0 fully saturated rings. The van der Waals surface area contributed by atoms with Crippen molar-refractivity contribution in [2.24, 2.45) is 0 Å². The van der Waals surface area contributed by atoms with Crippen LogP contribution in [-0.2, 0) is 11.3 Å². The maximum absolute atomic E-state index is 12.0. The minimum absolute atomic E-state index is 0.0380. The van der Waals surface area contributed by atoms with Crippen LogP contribution in [0.5, 0.6) is 0 Å². The smallest absolute Gasteiger partial charge is 0.340 e. The molecule has 0 saturated heterocycles. The molecule has 0 atom stereocenters. The minimum atomic E-state index is -0.769. The number of nitro benzene ring substituents is 1. The Kier molecular flexibility index (Phi) is 4.77. The van der Waals surface area contributed by atoms with Crippen molar-refractivity contribution < 1.29 is 14.5 Å². The van der Waals surface area contributed by atoms with E-state index in [1.54, 1.807) is 24.3 Å². The summed E-state index contributed by atoms with van der Waals surface area (Å²) in [6, 6.07) is 11.1. The Balaban J connectivity index is 2.21. The summed E-state index contributed by atoms with van der Waals surface area (Å²) in [6.07, 6.45) is 0. The molecule has 0 aliphatic heterocycles. The maximum atomic E-state index is 12.0. The van der Waals surface area contributed by atoms with Crippen molar-refractivity contribution in [3.8, 4) is 0 Å². The highest BCUT2D eigenvalue weighted by Gasteiger charge is 2.20. The Morgan fingerprint density at radius 3 is 2.48 bits per heavy atom. The van der Waals surface area contributed by atoms with E-state index in [9.17, 15) is 14.9 Å². The van der Waals surface area contributed by atoms with Gasteiger partial charge in [0.15, 0.2) is 0 Å². The molecule has 2 aromatic carbocycles. The quantitative estimate of drug-likeness (QED) is 0.478. The Morgan fingerprint density at radius 2 is 1.86 bits per heavy atom. The second kappa shape index (κ2) is 6.56. The first kappa shape index (κ1) is 15.3. The van der Waals surface area contributed by atoms with Gasteiger partial charge in [0, 0.05) is 12.1 Å². The number of ether oxygens (including phenoxy) is 1. The fraction of sp³-hybridized carbons (Fsp3) is 0.0714. The molecule has 0 saturated carbocycles. The topological polar surface area (TPSA) is 69.4 Å². The number of hydrogen-bond acceptors (Lipinski definition) is 4. The van der Waals surface area contributed by atoms with Crippen molar-refractivity contribution in [2.75, 3.05) is 0 Å². The number of non-ortho nitro benzene ring substituents is 1. The summed E-state index contributed by atoms with van der Waals surface area (Å²) >= 11 is 11.7. The Bertz CT molecular complexity index is 689. The molecular weight excluding hydrogens is 317 g/mol. The fourth-order valence-corrected chi connectivity index (χ4v) is 2.03. The second-order valence-corrected chi connectivity index (χ2v) is 4.89. The molecule has 0 spiro atoms. The van der Waals surface area contributed by atoms with E-state index in [-0.39, 0.29) is 27.9 Å². The van der Waals surface area contributed by atoms with Gasteiger partial charge in [0.1, 0.15) is 6.61 Å². The van der Waals surface area contributed by atoms with Gasteiger partial charge < -0.3 is 4.74 Å². The van der Waals surface area contributed by atoms with Gasteiger partial charge in [-0.05, 0) is 5.56 Å². The lowest BCUT2D eigenvalue weighted by atomic mass is 10.2. The van der Waals surface area contributed by atoms with Crippen molar-refractivity contribution in [1.82, 2.24) is 0 Å². The molecule has 108 valence electrons. The molecule has 5 nitrogen and oxygen atoms in total. The Hall–Kier alpha value is -2.11. The zero-order chi connectivity index (χ0) is 15.4. The third-order valence-corrected chi connectivity index (χ3v) is 3.46. The van der Waals surface area contributed by atoms with Gasteiger partial charge in [0.05, 0.1) is 20.5 Å². The summed E-state index contributed by atoms with van der Waals surface area (Å²) in [4.78, 5) is 22.1. The summed E-state index contributed by atoms with van der Waals surface area (Å²) in [7, 11) is 0. The van der Waals surface area contributed by atoms with Crippen molar-refractivity contribution in [2.45, 2.75) is 6.61 Å². The van der Waals surface area contributed by atoms with Gasteiger partial charge in [-0.2, -0.15) is 0 Å². The second-order valence-electron chi connectivity index (χ2n) is 4.11. The molecule has 0 N–H and O–H groups in total. The van der Waals surface area contributed by atoms with Crippen LogP contribution in [0.25, 0.3) is 0 Å². The van der Waals surface area contributed by atoms with Crippen molar-refractivity contribution in [3.63, 3.8) is 0 Å². The van der Waals surface area contributed by atoms with Crippen LogP contribution in [0.4, 0.5) is 5.69 Å².